The second-order valence-electron chi connectivity index (χ2n) is 3.92. The molecule has 0 saturated heterocycles. The van der Waals surface area contributed by atoms with Crippen LogP contribution in [0, 0.1) is 12.7 Å². The lowest BCUT2D eigenvalue weighted by molar-refractivity contribution is 0.0946. The van der Waals surface area contributed by atoms with E-state index in [2.05, 4.69) is 15.4 Å². The van der Waals surface area contributed by atoms with Crippen molar-refractivity contribution in [1.82, 2.24) is 20.1 Å². The van der Waals surface area contributed by atoms with Crippen LogP contribution in [0.25, 0.3) is 0 Å². The molecule has 5 nitrogen and oxygen atoms in total. The molecule has 0 radical (unpaired) electrons. The van der Waals surface area contributed by atoms with Gasteiger partial charge in [0.25, 0.3) is 5.91 Å². The molecule has 1 amide bonds. The zero-order valence-corrected chi connectivity index (χ0v) is 10.1. The Hall–Kier alpha value is -2.24. The van der Waals surface area contributed by atoms with Crippen molar-refractivity contribution in [3.05, 3.63) is 47.3 Å². The van der Waals surface area contributed by atoms with Crippen LogP contribution in [-0.4, -0.2) is 20.7 Å². The summed E-state index contributed by atoms with van der Waals surface area (Å²) in [7, 11) is 1.82. The van der Waals surface area contributed by atoms with E-state index in [-0.39, 0.29) is 5.56 Å². The maximum atomic E-state index is 13.3. The predicted molar refractivity (Wildman–Crippen MR) is 63.3 cm³/mol. The zero-order valence-electron chi connectivity index (χ0n) is 10.1. The summed E-state index contributed by atoms with van der Waals surface area (Å²) >= 11 is 0. The molecule has 0 aliphatic heterocycles. The van der Waals surface area contributed by atoms with E-state index in [1.54, 1.807) is 10.9 Å². The topological polar surface area (TPSA) is 59.8 Å². The summed E-state index contributed by atoms with van der Waals surface area (Å²) in [5.41, 5.74) is 1.86. The van der Waals surface area contributed by atoms with Gasteiger partial charge in [0.15, 0.2) is 5.82 Å². The predicted octanol–water partition coefficient (Wildman–Crippen LogP) is 1.19. The van der Waals surface area contributed by atoms with E-state index < -0.39 is 11.7 Å². The number of pyridine rings is 1. The van der Waals surface area contributed by atoms with E-state index in [1.165, 1.54) is 12.3 Å². The number of amides is 1. The summed E-state index contributed by atoms with van der Waals surface area (Å²) in [5, 5.41) is 6.72. The maximum Gasteiger partial charge on any atom is 0.254 e. The van der Waals surface area contributed by atoms with E-state index in [4.69, 9.17) is 0 Å². The smallest absolute Gasteiger partial charge is 0.254 e. The van der Waals surface area contributed by atoms with Crippen molar-refractivity contribution in [2.45, 2.75) is 13.5 Å². The Labute approximate surface area is 104 Å². The molecule has 0 aliphatic carbocycles. The Morgan fingerprint density at radius 1 is 1.50 bits per heavy atom. The number of hydrogen-bond donors (Lipinski definition) is 1. The Bertz CT molecular complexity index is 579. The fraction of sp³-hybridized carbons (Fsp3) is 0.250. The van der Waals surface area contributed by atoms with E-state index in [0.29, 0.717) is 6.54 Å². The minimum absolute atomic E-state index is 0.00783. The minimum atomic E-state index is -0.627. The van der Waals surface area contributed by atoms with Crippen LogP contribution in [0.15, 0.2) is 24.7 Å². The molecule has 0 bridgehead atoms. The lowest BCUT2D eigenvalue weighted by Crippen LogP contribution is -2.24. The van der Waals surface area contributed by atoms with E-state index in [0.717, 1.165) is 17.5 Å². The molecule has 2 rings (SSSR count). The monoisotopic (exact) mass is 248 g/mol. The first-order valence-electron chi connectivity index (χ1n) is 5.44. The number of nitrogens with one attached hydrogen (secondary N) is 1. The molecule has 1 N–H and O–H groups in total. The SMILES string of the molecule is Cc1c(CNC(=O)c2ccncc2F)cnn1C. The highest BCUT2D eigenvalue weighted by atomic mass is 19.1. The third-order valence-corrected chi connectivity index (χ3v) is 2.79. The molecule has 6 heteroatoms. The molecule has 2 heterocycles. The molecule has 18 heavy (non-hydrogen) atoms. The molecule has 94 valence electrons. The highest BCUT2D eigenvalue weighted by Crippen LogP contribution is 2.07. The molecule has 2 aromatic rings. The fourth-order valence-corrected chi connectivity index (χ4v) is 1.55. The van der Waals surface area contributed by atoms with Gasteiger partial charge in [0, 0.05) is 31.0 Å². The second-order valence-corrected chi connectivity index (χ2v) is 3.92. The molecule has 0 aliphatic rings. The van der Waals surface area contributed by atoms with Crippen LogP contribution >= 0.6 is 0 Å². The molecule has 0 fully saturated rings. The van der Waals surface area contributed by atoms with Gasteiger partial charge in [0.1, 0.15) is 0 Å². The lowest BCUT2D eigenvalue weighted by Gasteiger charge is -2.05. The third kappa shape index (κ3) is 2.37. The van der Waals surface area contributed by atoms with Gasteiger partial charge in [-0.15, -0.1) is 0 Å². The maximum absolute atomic E-state index is 13.3. The van der Waals surface area contributed by atoms with Gasteiger partial charge in [-0.3, -0.25) is 14.5 Å². The number of carbonyl (C=O) groups is 1. The Morgan fingerprint density at radius 3 is 2.89 bits per heavy atom. The van der Waals surface area contributed by atoms with Crippen molar-refractivity contribution in [2.75, 3.05) is 0 Å². The Balaban J connectivity index is 2.05. The summed E-state index contributed by atoms with van der Waals surface area (Å²) in [6.07, 6.45) is 4.08. The van der Waals surface area contributed by atoms with Crippen LogP contribution in [0.5, 0.6) is 0 Å². The number of hydrogen-bond acceptors (Lipinski definition) is 3. The molecule has 0 saturated carbocycles. The number of aryl methyl sites for hydroxylation is 1. The number of rotatable bonds is 3. The molecule has 0 atom stereocenters. The van der Waals surface area contributed by atoms with Gasteiger partial charge < -0.3 is 5.32 Å². The van der Waals surface area contributed by atoms with Crippen LogP contribution < -0.4 is 5.32 Å². The van der Waals surface area contributed by atoms with Crippen LogP contribution in [0.3, 0.4) is 0 Å². The normalized spacial score (nSPS) is 10.4. The molecule has 0 unspecified atom stereocenters. The van der Waals surface area contributed by atoms with Gasteiger partial charge in [0.2, 0.25) is 0 Å². The largest absolute Gasteiger partial charge is 0.348 e. The Morgan fingerprint density at radius 2 is 2.28 bits per heavy atom. The quantitative estimate of drug-likeness (QED) is 0.887. The summed E-state index contributed by atoms with van der Waals surface area (Å²) < 4.78 is 15.0. The van der Waals surface area contributed by atoms with Gasteiger partial charge in [-0.05, 0) is 13.0 Å². The van der Waals surface area contributed by atoms with Gasteiger partial charge in [-0.1, -0.05) is 0 Å². The molecular formula is C12H13FN4O. The van der Waals surface area contributed by atoms with Gasteiger partial charge in [-0.2, -0.15) is 5.10 Å². The highest BCUT2D eigenvalue weighted by molar-refractivity contribution is 5.94. The first-order chi connectivity index (χ1) is 8.59. The average molecular weight is 248 g/mol. The van der Waals surface area contributed by atoms with Crippen molar-refractivity contribution in [1.29, 1.82) is 0 Å². The van der Waals surface area contributed by atoms with Crippen LogP contribution in [0.4, 0.5) is 4.39 Å². The zero-order chi connectivity index (χ0) is 13.1. The number of nitrogens with zero attached hydrogens (tertiary/aromatic N) is 3. The fourth-order valence-electron chi connectivity index (χ4n) is 1.55. The van der Waals surface area contributed by atoms with Gasteiger partial charge in [0.05, 0.1) is 18.0 Å². The van der Waals surface area contributed by atoms with Gasteiger partial charge in [-0.25, -0.2) is 4.39 Å². The van der Waals surface area contributed by atoms with E-state index in [1.807, 2.05) is 14.0 Å². The highest BCUT2D eigenvalue weighted by Gasteiger charge is 2.12. The molecule has 0 aromatic carbocycles. The van der Waals surface area contributed by atoms with Crippen molar-refractivity contribution < 1.29 is 9.18 Å². The second kappa shape index (κ2) is 4.95. The Kier molecular flexibility index (Phi) is 3.36. The van der Waals surface area contributed by atoms with Gasteiger partial charge >= 0.3 is 0 Å². The first-order valence-corrected chi connectivity index (χ1v) is 5.44. The number of aromatic nitrogens is 3. The minimum Gasteiger partial charge on any atom is -0.348 e. The summed E-state index contributed by atoms with van der Waals surface area (Å²) in [5.74, 6) is -1.09. The molecular weight excluding hydrogens is 235 g/mol. The van der Waals surface area contributed by atoms with Crippen LogP contribution in [0.1, 0.15) is 21.6 Å². The number of halogens is 1. The third-order valence-electron chi connectivity index (χ3n) is 2.79. The van der Waals surface area contributed by atoms with Crippen LogP contribution in [-0.2, 0) is 13.6 Å². The van der Waals surface area contributed by atoms with Crippen molar-refractivity contribution in [3.63, 3.8) is 0 Å². The standard InChI is InChI=1S/C12H13FN4O/c1-8-9(6-16-17(8)2)5-15-12(18)10-3-4-14-7-11(10)13/h3-4,6-7H,5H2,1-2H3,(H,15,18). The average Bonchev–Trinajstić information content (AvgIpc) is 2.68. The number of carbonyl (C=O) groups excluding carboxylic acids is 1. The summed E-state index contributed by atoms with van der Waals surface area (Å²) in [6.45, 7) is 2.22. The van der Waals surface area contributed by atoms with Crippen molar-refractivity contribution in [3.8, 4) is 0 Å². The molecule has 0 spiro atoms. The van der Waals surface area contributed by atoms with Crippen molar-refractivity contribution >= 4 is 5.91 Å². The molecule has 2 aromatic heterocycles. The van der Waals surface area contributed by atoms with Crippen LogP contribution in [0.2, 0.25) is 0 Å². The van der Waals surface area contributed by atoms with Crippen molar-refractivity contribution in [2.24, 2.45) is 7.05 Å². The van der Waals surface area contributed by atoms with E-state index >= 15 is 0 Å². The van der Waals surface area contributed by atoms with E-state index in [9.17, 15) is 9.18 Å². The summed E-state index contributed by atoms with van der Waals surface area (Å²) in [6, 6.07) is 1.35. The first kappa shape index (κ1) is 12.2. The summed E-state index contributed by atoms with van der Waals surface area (Å²) in [4.78, 5) is 15.3. The lowest BCUT2D eigenvalue weighted by atomic mass is 10.2.